The number of nitrogens with two attached hydrogens (primary N) is 1. The van der Waals surface area contributed by atoms with E-state index in [1.807, 2.05) is 54.8 Å². The van der Waals surface area contributed by atoms with Crippen molar-refractivity contribution in [2.45, 2.75) is 24.7 Å². The van der Waals surface area contributed by atoms with E-state index in [-0.39, 0.29) is 6.04 Å². The molecule has 5 N–H and O–H groups in total. The van der Waals surface area contributed by atoms with E-state index in [9.17, 15) is 9.90 Å². The van der Waals surface area contributed by atoms with Crippen LogP contribution in [-0.2, 0) is 9.53 Å². The number of thiol groups is 1. The Hall–Kier alpha value is -1.71. The van der Waals surface area contributed by atoms with Crippen LogP contribution >= 0.6 is 24.4 Å². The number of anilines is 1. The van der Waals surface area contributed by atoms with Gasteiger partial charge in [0.1, 0.15) is 12.3 Å². The van der Waals surface area contributed by atoms with Crippen LogP contribution in [0.1, 0.15) is 18.2 Å². The molecule has 3 unspecified atom stereocenters. The summed E-state index contributed by atoms with van der Waals surface area (Å²) in [4.78, 5) is 11.8. The molecule has 6 nitrogen and oxygen atoms in total. The van der Waals surface area contributed by atoms with Crippen molar-refractivity contribution in [2.24, 2.45) is 5.73 Å². The van der Waals surface area contributed by atoms with Gasteiger partial charge >= 0.3 is 5.97 Å². The summed E-state index contributed by atoms with van der Waals surface area (Å²) in [6.07, 6.45) is 1.89. The number of nitrogens with one attached hydrogen (secondary N) is 2. The largest absolute Gasteiger partial charge is 0.480 e. The number of hydrogen-bond acceptors (Lipinski definition) is 7. The zero-order valence-corrected chi connectivity index (χ0v) is 19.1. The van der Waals surface area contributed by atoms with Gasteiger partial charge in [0.25, 0.3) is 0 Å². The Morgan fingerprint density at radius 3 is 2.60 bits per heavy atom. The molecule has 0 heterocycles. The molecule has 2 aromatic carbocycles. The fraction of sp³-hybridized carbons (Fsp3) is 0.409. The van der Waals surface area contributed by atoms with Crippen molar-refractivity contribution in [3.63, 3.8) is 0 Å². The average Bonchev–Trinajstić information content (AvgIpc) is 2.77. The summed E-state index contributed by atoms with van der Waals surface area (Å²) in [5.74, 6) is 0.441. The van der Waals surface area contributed by atoms with Gasteiger partial charge in [-0.25, -0.2) is 0 Å². The number of benzene rings is 2. The molecular formula is C22H31N3O3S2. The maximum atomic E-state index is 11.8. The van der Waals surface area contributed by atoms with Gasteiger partial charge in [0.2, 0.25) is 0 Å². The zero-order valence-electron chi connectivity index (χ0n) is 17.4. The van der Waals surface area contributed by atoms with E-state index in [0.29, 0.717) is 18.7 Å². The molecule has 2 aromatic rings. The first-order valence-corrected chi connectivity index (χ1v) is 11.8. The second-order valence-electron chi connectivity index (χ2n) is 6.95. The highest BCUT2D eigenvalue weighted by Gasteiger charge is 2.24. The molecule has 2 rings (SSSR count). The van der Waals surface area contributed by atoms with E-state index in [1.54, 1.807) is 18.9 Å². The van der Waals surface area contributed by atoms with Gasteiger partial charge in [-0.15, -0.1) is 0 Å². The molecule has 164 valence electrons. The molecule has 0 bridgehead atoms. The van der Waals surface area contributed by atoms with Gasteiger partial charge in [-0.1, -0.05) is 36.4 Å². The first-order chi connectivity index (χ1) is 14.5. The lowest BCUT2D eigenvalue weighted by Gasteiger charge is -2.25. The van der Waals surface area contributed by atoms with Gasteiger partial charge in [-0.05, 0) is 41.7 Å². The highest BCUT2D eigenvalue weighted by molar-refractivity contribution is 7.98. The lowest BCUT2D eigenvalue weighted by molar-refractivity contribution is -0.140. The van der Waals surface area contributed by atoms with Gasteiger partial charge in [0.05, 0.1) is 0 Å². The van der Waals surface area contributed by atoms with E-state index in [2.05, 4.69) is 23.3 Å². The molecule has 0 fully saturated rings. The van der Waals surface area contributed by atoms with Gasteiger partial charge in [0, 0.05) is 36.7 Å². The minimum absolute atomic E-state index is 0.0649. The van der Waals surface area contributed by atoms with E-state index in [4.69, 9.17) is 10.5 Å². The SMILES string of the molecule is COC(NC(CCSC)C(=O)O)c1cc(NCC(N)CS)ccc1-c1ccccc1. The van der Waals surface area contributed by atoms with Crippen LogP contribution in [0.25, 0.3) is 11.1 Å². The Labute approximate surface area is 188 Å². The minimum atomic E-state index is -0.888. The van der Waals surface area contributed by atoms with Crippen LogP contribution in [0, 0.1) is 0 Å². The number of carboxylic acids is 1. The molecule has 0 amide bonds. The average molecular weight is 450 g/mol. The van der Waals surface area contributed by atoms with Crippen molar-refractivity contribution in [2.75, 3.05) is 36.7 Å². The molecule has 0 aliphatic heterocycles. The second-order valence-corrected chi connectivity index (χ2v) is 8.30. The number of ether oxygens (including phenoxy) is 1. The Morgan fingerprint density at radius 2 is 2.00 bits per heavy atom. The summed E-state index contributed by atoms with van der Waals surface area (Å²) >= 11 is 5.85. The lowest BCUT2D eigenvalue weighted by atomic mass is 9.97. The van der Waals surface area contributed by atoms with Crippen LogP contribution in [0.2, 0.25) is 0 Å². The summed E-state index contributed by atoms with van der Waals surface area (Å²) in [6, 6.07) is 15.2. The van der Waals surface area contributed by atoms with E-state index >= 15 is 0 Å². The summed E-state index contributed by atoms with van der Waals surface area (Å²) in [5.41, 5.74) is 9.74. The lowest BCUT2D eigenvalue weighted by Crippen LogP contribution is -2.40. The van der Waals surface area contributed by atoms with Crippen LogP contribution in [0.4, 0.5) is 5.69 Å². The van der Waals surface area contributed by atoms with Gasteiger partial charge in [-0.2, -0.15) is 24.4 Å². The molecule has 0 spiro atoms. The van der Waals surface area contributed by atoms with E-state index < -0.39 is 18.2 Å². The number of carboxylic acid groups (broad SMARTS) is 1. The van der Waals surface area contributed by atoms with Crippen molar-refractivity contribution >= 4 is 36.0 Å². The van der Waals surface area contributed by atoms with Gasteiger partial charge in [-0.3, -0.25) is 10.1 Å². The summed E-state index contributed by atoms with van der Waals surface area (Å²) in [5, 5.41) is 16.1. The molecule has 0 radical (unpaired) electrons. The van der Waals surface area contributed by atoms with Crippen LogP contribution in [0.15, 0.2) is 48.5 Å². The summed E-state index contributed by atoms with van der Waals surface area (Å²) < 4.78 is 5.71. The number of rotatable bonds is 13. The number of hydrogen-bond donors (Lipinski definition) is 5. The summed E-state index contributed by atoms with van der Waals surface area (Å²) in [6.45, 7) is 0.587. The number of carbonyl (C=O) groups is 1. The fourth-order valence-corrected chi connectivity index (χ4v) is 3.67. The smallest absolute Gasteiger partial charge is 0.320 e. The molecular weight excluding hydrogens is 418 g/mol. The number of thioether (sulfide) groups is 1. The Balaban J connectivity index is 2.38. The zero-order chi connectivity index (χ0) is 21.9. The number of aliphatic carboxylic acids is 1. The van der Waals surface area contributed by atoms with Gasteiger partial charge in [0.15, 0.2) is 0 Å². The van der Waals surface area contributed by atoms with Crippen molar-refractivity contribution in [3.05, 3.63) is 54.1 Å². The second kappa shape index (κ2) is 12.9. The third kappa shape index (κ3) is 7.21. The number of methoxy groups -OCH3 is 1. The van der Waals surface area contributed by atoms with Crippen molar-refractivity contribution < 1.29 is 14.6 Å². The molecule has 0 aromatic heterocycles. The predicted molar refractivity (Wildman–Crippen MR) is 130 cm³/mol. The Morgan fingerprint density at radius 1 is 1.27 bits per heavy atom. The molecule has 8 heteroatoms. The molecule has 0 saturated carbocycles. The van der Waals surface area contributed by atoms with Crippen LogP contribution in [-0.4, -0.2) is 54.6 Å². The third-order valence-electron chi connectivity index (χ3n) is 4.72. The molecule has 30 heavy (non-hydrogen) atoms. The standard InChI is InChI=1S/C22H31N3O3S2/c1-28-21(25-20(22(26)27)10-11-30-2)19-12-17(24-13-16(23)14-29)8-9-18(19)15-6-4-3-5-7-15/h3-9,12,16,20-21,24-25,29H,10-11,13-14,23H2,1-2H3,(H,26,27). The predicted octanol–water partition coefficient (Wildman–Crippen LogP) is 3.46. The van der Waals surface area contributed by atoms with Crippen molar-refractivity contribution in [3.8, 4) is 11.1 Å². The van der Waals surface area contributed by atoms with Crippen molar-refractivity contribution in [1.29, 1.82) is 0 Å². The highest BCUT2D eigenvalue weighted by atomic mass is 32.2. The maximum absolute atomic E-state index is 11.8. The van der Waals surface area contributed by atoms with Crippen molar-refractivity contribution in [1.82, 2.24) is 5.32 Å². The van der Waals surface area contributed by atoms with Crippen LogP contribution in [0.5, 0.6) is 0 Å². The monoisotopic (exact) mass is 449 g/mol. The van der Waals surface area contributed by atoms with Gasteiger partial charge < -0.3 is 20.9 Å². The van der Waals surface area contributed by atoms with Crippen LogP contribution in [0.3, 0.4) is 0 Å². The van der Waals surface area contributed by atoms with Crippen LogP contribution < -0.4 is 16.4 Å². The fourth-order valence-electron chi connectivity index (χ4n) is 3.07. The summed E-state index contributed by atoms with van der Waals surface area (Å²) in [7, 11) is 1.58. The highest BCUT2D eigenvalue weighted by Crippen LogP contribution is 2.32. The van der Waals surface area contributed by atoms with E-state index in [0.717, 1.165) is 28.1 Å². The topological polar surface area (TPSA) is 96.6 Å². The first kappa shape index (κ1) is 24.6. The van der Waals surface area contributed by atoms with E-state index in [1.165, 1.54) is 0 Å². The molecule has 0 saturated heterocycles. The molecule has 0 aliphatic carbocycles. The third-order valence-corrected chi connectivity index (χ3v) is 5.83. The molecule has 3 atom stereocenters. The Kier molecular flexibility index (Phi) is 10.5. The molecule has 0 aliphatic rings. The minimum Gasteiger partial charge on any atom is -0.480 e. The maximum Gasteiger partial charge on any atom is 0.320 e. The first-order valence-electron chi connectivity index (χ1n) is 9.80. The quantitative estimate of drug-likeness (QED) is 0.236. The Bertz CT molecular complexity index is 792. The normalized spacial score (nSPS) is 14.1.